The number of carbonyl (C=O) groups excluding carboxylic acids is 1. The van der Waals surface area contributed by atoms with E-state index in [1.54, 1.807) is 28.2 Å². The van der Waals surface area contributed by atoms with Crippen LogP contribution in [0.2, 0.25) is 0 Å². The Labute approximate surface area is 158 Å². The fraction of sp³-hybridized carbons (Fsp3) is 0.444. The highest BCUT2D eigenvalue weighted by molar-refractivity contribution is 5.81. The SMILES string of the molecule is Cc1noc2nc([C@H]3CCCN(C(=O)Cn4ccnc4)C3)cc(C(F)(F)F)c12. The van der Waals surface area contributed by atoms with Crippen LogP contribution in [0.5, 0.6) is 0 Å². The first-order valence-corrected chi connectivity index (χ1v) is 8.90. The van der Waals surface area contributed by atoms with E-state index < -0.39 is 11.7 Å². The van der Waals surface area contributed by atoms with E-state index in [0.29, 0.717) is 25.9 Å². The number of likely N-dealkylation sites (tertiary alicyclic amines) is 1. The van der Waals surface area contributed by atoms with E-state index in [-0.39, 0.29) is 40.9 Å². The van der Waals surface area contributed by atoms with E-state index in [2.05, 4.69) is 15.1 Å². The standard InChI is InChI=1S/C18H18F3N5O2/c1-11-16-13(18(19,20)21)7-14(23-17(16)28-24-11)12-3-2-5-26(8-12)15(27)9-25-6-4-22-10-25/h4,6-7,10,12H,2-3,5,8-9H2,1H3/t12-/m0/s1. The Morgan fingerprint density at radius 3 is 2.93 bits per heavy atom. The summed E-state index contributed by atoms with van der Waals surface area (Å²) in [6, 6.07) is 1.07. The number of halogens is 3. The fourth-order valence-corrected chi connectivity index (χ4v) is 3.63. The van der Waals surface area contributed by atoms with Crippen molar-refractivity contribution >= 4 is 17.0 Å². The van der Waals surface area contributed by atoms with Crippen molar-refractivity contribution in [2.75, 3.05) is 13.1 Å². The number of aromatic nitrogens is 4. The molecule has 1 aliphatic heterocycles. The number of hydrogen-bond acceptors (Lipinski definition) is 5. The summed E-state index contributed by atoms with van der Waals surface area (Å²) in [7, 11) is 0. The van der Waals surface area contributed by atoms with Crippen LogP contribution < -0.4 is 0 Å². The van der Waals surface area contributed by atoms with E-state index in [0.717, 1.165) is 6.07 Å². The Hall–Kier alpha value is -2.91. The molecule has 28 heavy (non-hydrogen) atoms. The number of amides is 1. The van der Waals surface area contributed by atoms with Gasteiger partial charge in [-0.1, -0.05) is 5.16 Å². The third kappa shape index (κ3) is 3.46. The molecule has 1 fully saturated rings. The van der Waals surface area contributed by atoms with Gasteiger partial charge in [-0.15, -0.1) is 0 Å². The highest BCUT2D eigenvalue weighted by Crippen LogP contribution is 2.38. The van der Waals surface area contributed by atoms with Crippen molar-refractivity contribution in [1.29, 1.82) is 0 Å². The lowest BCUT2D eigenvalue weighted by atomic mass is 9.92. The Balaban J connectivity index is 1.61. The van der Waals surface area contributed by atoms with Crippen LogP contribution >= 0.6 is 0 Å². The highest BCUT2D eigenvalue weighted by atomic mass is 19.4. The monoisotopic (exact) mass is 393 g/mol. The maximum Gasteiger partial charge on any atom is 0.417 e. The lowest BCUT2D eigenvalue weighted by Gasteiger charge is -2.32. The maximum absolute atomic E-state index is 13.6. The molecule has 4 heterocycles. The molecule has 0 saturated carbocycles. The zero-order chi connectivity index (χ0) is 19.9. The average molecular weight is 393 g/mol. The van der Waals surface area contributed by atoms with Crippen LogP contribution in [0, 0.1) is 6.92 Å². The molecule has 1 amide bonds. The minimum atomic E-state index is -4.54. The molecule has 1 aliphatic rings. The number of carbonyl (C=O) groups is 1. The predicted octanol–water partition coefficient (Wildman–Crippen LogP) is 3.15. The summed E-state index contributed by atoms with van der Waals surface area (Å²) in [5, 5.41) is 3.52. The van der Waals surface area contributed by atoms with Crippen molar-refractivity contribution in [3.05, 3.63) is 41.7 Å². The zero-order valence-corrected chi connectivity index (χ0v) is 15.1. The molecule has 0 aliphatic carbocycles. The Kier molecular flexibility index (Phi) is 4.56. The van der Waals surface area contributed by atoms with Gasteiger partial charge in [0.25, 0.3) is 5.71 Å². The molecule has 0 bridgehead atoms. The first-order chi connectivity index (χ1) is 13.3. The number of rotatable bonds is 3. The van der Waals surface area contributed by atoms with Crippen molar-refractivity contribution in [3.63, 3.8) is 0 Å². The molecule has 0 N–H and O–H groups in total. The van der Waals surface area contributed by atoms with Gasteiger partial charge in [0.05, 0.1) is 28.7 Å². The van der Waals surface area contributed by atoms with Crippen LogP contribution in [0.1, 0.15) is 35.7 Å². The van der Waals surface area contributed by atoms with Gasteiger partial charge in [-0.25, -0.2) is 9.97 Å². The van der Waals surface area contributed by atoms with E-state index in [4.69, 9.17) is 4.52 Å². The van der Waals surface area contributed by atoms with Gasteiger partial charge in [-0.2, -0.15) is 13.2 Å². The summed E-state index contributed by atoms with van der Waals surface area (Å²) in [5.41, 5.74) is -0.490. The molecule has 0 spiro atoms. The van der Waals surface area contributed by atoms with E-state index >= 15 is 0 Å². The van der Waals surface area contributed by atoms with Gasteiger partial charge in [0, 0.05) is 31.4 Å². The number of hydrogen-bond donors (Lipinski definition) is 0. The van der Waals surface area contributed by atoms with Crippen LogP contribution in [0.4, 0.5) is 13.2 Å². The van der Waals surface area contributed by atoms with Crippen LogP contribution in [-0.2, 0) is 17.5 Å². The summed E-state index contributed by atoms with van der Waals surface area (Å²) >= 11 is 0. The third-order valence-electron chi connectivity index (χ3n) is 5.01. The summed E-state index contributed by atoms with van der Waals surface area (Å²) in [6.45, 7) is 2.49. The molecule has 0 unspecified atom stereocenters. The van der Waals surface area contributed by atoms with Gasteiger partial charge in [-0.05, 0) is 25.8 Å². The second-order valence-corrected chi connectivity index (χ2v) is 6.95. The summed E-state index contributed by atoms with van der Waals surface area (Å²) < 4.78 is 47.4. The largest absolute Gasteiger partial charge is 0.417 e. The van der Waals surface area contributed by atoms with Gasteiger partial charge < -0.3 is 14.0 Å². The van der Waals surface area contributed by atoms with Crippen molar-refractivity contribution < 1.29 is 22.5 Å². The molecule has 0 aromatic carbocycles. The molecular weight excluding hydrogens is 375 g/mol. The number of nitrogens with zero attached hydrogens (tertiary/aromatic N) is 5. The smallest absolute Gasteiger partial charge is 0.340 e. The molecule has 3 aromatic rings. The number of alkyl halides is 3. The predicted molar refractivity (Wildman–Crippen MR) is 92.3 cm³/mol. The lowest BCUT2D eigenvalue weighted by molar-refractivity contribution is -0.136. The summed E-state index contributed by atoms with van der Waals surface area (Å²) in [5.74, 6) is -0.397. The number of fused-ring (bicyclic) bond motifs is 1. The number of aryl methyl sites for hydroxylation is 1. The van der Waals surface area contributed by atoms with Gasteiger partial charge in [-0.3, -0.25) is 4.79 Å². The maximum atomic E-state index is 13.6. The molecule has 3 aromatic heterocycles. The summed E-state index contributed by atoms with van der Waals surface area (Å²) in [6.07, 6.45) is 1.63. The van der Waals surface area contributed by atoms with Crippen LogP contribution in [-0.4, -0.2) is 43.6 Å². The molecule has 4 rings (SSSR count). The molecule has 10 heteroatoms. The molecule has 0 radical (unpaired) electrons. The number of piperidine rings is 1. The summed E-state index contributed by atoms with van der Waals surface area (Å²) in [4.78, 5) is 22.4. The normalized spacial score (nSPS) is 18.0. The van der Waals surface area contributed by atoms with Gasteiger partial charge in [0.2, 0.25) is 5.91 Å². The van der Waals surface area contributed by atoms with Crippen molar-refractivity contribution in [2.24, 2.45) is 0 Å². The number of pyridine rings is 1. The number of imidazole rings is 1. The molecule has 1 atom stereocenters. The zero-order valence-electron chi connectivity index (χ0n) is 15.1. The topological polar surface area (TPSA) is 77.0 Å². The minimum Gasteiger partial charge on any atom is -0.340 e. The van der Waals surface area contributed by atoms with Gasteiger partial charge in [0.1, 0.15) is 6.54 Å². The Bertz CT molecular complexity index is 997. The second kappa shape index (κ2) is 6.92. The van der Waals surface area contributed by atoms with Crippen LogP contribution in [0.25, 0.3) is 11.1 Å². The highest BCUT2D eigenvalue weighted by Gasteiger charge is 2.37. The van der Waals surface area contributed by atoms with Crippen molar-refractivity contribution in [3.8, 4) is 0 Å². The van der Waals surface area contributed by atoms with Crippen LogP contribution in [0.3, 0.4) is 0 Å². The van der Waals surface area contributed by atoms with Crippen molar-refractivity contribution in [2.45, 2.75) is 38.4 Å². The van der Waals surface area contributed by atoms with Crippen molar-refractivity contribution in [1.82, 2.24) is 24.6 Å². The lowest BCUT2D eigenvalue weighted by Crippen LogP contribution is -2.41. The second-order valence-electron chi connectivity index (χ2n) is 6.95. The Morgan fingerprint density at radius 1 is 1.39 bits per heavy atom. The third-order valence-corrected chi connectivity index (χ3v) is 5.01. The van der Waals surface area contributed by atoms with E-state index in [9.17, 15) is 18.0 Å². The van der Waals surface area contributed by atoms with Crippen LogP contribution in [0.15, 0.2) is 29.3 Å². The first kappa shape index (κ1) is 18.5. The minimum absolute atomic E-state index is 0.102. The molecule has 148 valence electrons. The molecular formula is C18H18F3N5O2. The molecule has 1 saturated heterocycles. The first-order valence-electron chi connectivity index (χ1n) is 8.90. The van der Waals surface area contributed by atoms with E-state index in [1.165, 1.54) is 6.92 Å². The average Bonchev–Trinajstić information content (AvgIpc) is 3.30. The fourth-order valence-electron chi connectivity index (χ4n) is 3.63. The Morgan fingerprint density at radius 2 is 2.21 bits per heavy atom. The quantitative estimate of drug-likeness (QED) is 0.683. The van der Waals surface area contributed by atoms with Gasteiger partial charge >= 0.3 is 6.18 Å². The van der Waals surface area contributed by atoms with Gasteiger partial charge in [0.15, 0.2) is 0 Å². The molecule has 7 nitrogen and oxygen atoms in total. The van der Waals surface area contributed by atoms with E-state index in [1.807, 2.05) is 0 Å².